The largest absolute Gasteiger partial charge is 0.358 e. The van der Waals surface area contributed by atoms with Gasteiger partial charge in [-0.15, -0.1) is 0 Å². The number of amides is 2. The maximum atomic E-state index is 12.6. The predicted octanol–water partition coefficient (Wildman–Crippen LogP) is 3.43. The number of hydrogen-bond acceptors (Lipinski definition) is 3. The molecule has 0 saturated heterocycles. The van der Waals surface area contributed by atoms with Crippen LogP contribution >= 0.6 is 0 Å². The Morgan fingerprint density at radius 2 is 2.11 bits per heavy atom. The minimum atomic E-state index is -0.0734. The maximum Gasteiger partial charge on any atom is 0.246 e. The summed E-state index contributed by atoms with van der Waals surface area (Å²) in [5.74, 6) is 0.537. The molecule has 2 amide bonds. The maximum absolute atomic E-state index is 12.6. The van der Waals surface area contributed by atoms with Gasteiger partial charge in [-0.05, 0) is 48.2 Å². The molecule has 6 heteroatoms. The van der Waals surface area contributed by atoms with E-state index in [1.807, 2.05) is 31.2 Å². The highest BCUT2D eigenvalue weighted by atomic mass is 16.2. The summed E-state index contributed by atoms with van der Waals surface area (Å²) in [5.41, 5.74) is 5.13. The minimum Gasteiger partial charge on any atom is -0.358 e. The van der Waals surface area contributed by atoms with Crippen molar-refractivity contribution in [2.45, 2.75) is 26.3 Å². The summed E-state index contributed by atoms with van der Waals surface area (Å²) in [4.78, 5) is 33.3. The number of aromatic amines is 1. The molecule has 0 fully saturated rings. The zero-order valence-corrected chi connectivity index (χ0v) is 16.0. The first-order chi connectivity index (χ1) is 13.5. The summed E-state index contributed by atoms with van der Waals surface area (Å²) in [6.45, 7) is 2.56. The van der Waals surface area contributed by atoms with Crippen molar-refractivity contribution >= 4 is 34.6 Å². The molecule has 0 atom stereocenters. The Bertz CT molecular complexity index is 1100. The number of fused-ring (bicyclic) bond motifs is 2. The van der Waals surface area contributed by atoms with Gasteiger partial charge in [0, 0.05) is 48.9 Å². The van der Waals surface area contributed by atoms with Gasteiger partial charge in [0.2, 0.25) is 11.8 Å². The molecule has 2 aromatic heterocycles. The Morgan fingerprint density at radius 1 is 1.29 bits per heavy atom. The van der Waals surface area contributed by atoms with E-state index in [2.05, 4.69) is 21.4 Å². The van der Waals surface area contributed by atoms with Crippen LogP contribution in [0.2, 0.25) is 0 Å². The SMILES string of the molecule is Cc1[nH]c2ccccc2c1CN(C)C(=O)C=Cc1cnc2c(c1)CCC(=O)N2. The molecule has 4 rings (SSSR count). The fraction of sp³-hybridized carbons (Fsp3) is 0.227. The van der Waals surface area contributed by atoms with Crippen LogP contribution in [0, 0.1) is 6.92 Å². The highest BCUT2D eigenvalue weighted by molar-refractivity contribution is 5.94. The minimum absolute atomic E-state index is 0.00679. The van der Waals surface area contributed by atoms with Crippen LogP contribution in [0.25, 0.3) is 17.0 Å². The van der Waals surface area contributed by atoms with E-state index in [4.69, 9.17) is 0 Å². The van der Waals surface area contributed by atoms with Gasteiger partial charge >= 0.3 is 0 Å². The number of likely N-dealkylation sites (N-methyl/N-ethyl adjacent to an activating group) is 1. The number of pyridine rings is 1. The lowest BCUT2D eigenvalue weighted by molar-refractivity contribution is -0.125. The van der Waals surface area contributed by atoms with Gasteiger partial charge in [0.15, 0.2) is 0 Å². The zero-order valence-electron chi connectivity index (χ0n) is 16.0. The topological polar surface area (TPSA) is 78.1 Å². The van der Waals surface area contributed by atoms with Crippen molar-refractivity contribution in [1.82, 2.24) is 14.9 Å². The van der Waals surface area contributed by atoms with Crippen LogP contribution in [0.4, 0.5) is 5.82 Å². The number of nitrogens with one attached hydrogen (secondary N) is 2. The summed E-state index contributed by atoms with van der Waals surface area (Å²) < 4.78 is 0. The lowest BCUT2D eigenvalue weighted by Crippen LogP contribution is -2.24. The van der Waals surface area contributed by atoms with Gasteiger partial charge in [-0.3, -0.25) is 9.59 Å². The second kappa shape index (κ2) is 7.31. The van der Waals surface area contributed by atoms with Crippen molar-refractivity contribution in [3.8, 4) is 0 Å². The fourth-order valence-corrected chi connectivity index (χ4v) is 3.51. The summed E-state index contributed by atoms with van der Waals surface area (Å²) in [6.07, 6.45) is 6.13. The molecule has 2 N–H and O–H groups in total. The average molecular weight is 374 g/mol. The van der Waals surface area contributed by atoms with Gasteiger partial charge in [-0.25, -0.2) is 4.98 Å². The first-order valence-electron chi connectivity index (χ1n) is 9.29. The molecule has 3 aromatic rings. The Balaban J connectivity index is 1.47. The van der Waals surface area contributed by atoms with E-state index in [-0.39, 0.29) is 11.8 Å². The standard InChI is InChI=1S/C22H22N4O2/c1-14-18(17-5-3-4-6-19(17)24-14)13-26(2)21(28)10-7-15-11-16-8-9-20(27)25-22(16)23-12-15/h3-7,10-12,24H,8-9,13H2,1-2H3,(H,23,25,27). The fourth-order valence-electron chi connectivity index (χ4n) is 3.51. The average Bonchev–Trinajstić information content (AvgIpc) is 3.01. The van der Waals surface area contributed by atoms with Gasteiger partial charge in [0.05, 0.1) is 0 Å². The lowest BCUT2D eigenvalue weighted by Gasteiger charge is -2.16. The van der Waals surface area contributed by atoms with Crippen LogP contribution in [-0.4, -0.2) is 33.7 Å². The third kappa shape index (κ3) is 3.53. The molecule has 0 bridgehead atoms. The third-order valence-electron chi connectivity index (χ3n) is 5.08. The monoisotopic (exact) mass is 374 g/mol. The Labute approximate surface area is 163 Å². The number of carbonyl (C=O) groups is 2. The number of rotatable bonds is 4. The number of aryl methyl sites for hydroxylation is 2. The summed E-state index contributed by atoms with van der Waals surface area (Å²) >= 11 is 0. The molecule has 1 aliphatic heterocycles. The third-order valence-corrected chi connectivity index (χ3v) is 5.08. The summed E-state index contributed by atoms with van der Waals surface area (Å²) in [6, 6.07) is 10.1. The molecule has 3 heterocycles. The molecule has 28 heavy (non-hydrogen) atoms. The van der Waals surface area contributed by atoms with Crippen LogP contribution in [0.5, 0.6) is 0 Å². The smallest absolute Gasteiger partial charge is 0.246 e. The first kappa shape index (κ1) is 18.0. The van der Waals surface area contributed by atoms with Crippen molar-refractivity contribution in [3.05, 3.63) is 65.0 Å². The molecular weight excluding hydrogens is 352 g/mol. The lowest BCUT2D eigenvalue weighted by atomic mass is 10.0. The van der Waals surface area contributed by atoms with Gasteiger partial charge in [0.25, 0.3) is 0 Å². The number of aromatic nitrogens is 2. The van der Waals surface area contributed by atoms with Crippen molar-refractivity contribution in [3.63, 3.8) is 0 Å². The van der Waals surface area contributed by atoms with Crippen LogP contribution in [0.3, 0.4) is 0 Å². The van der Waals surface area contributed by atoms with Crippen LogP contribution in [0.15, 0.2) is 42.6 Å². The van der Waals surface area contributed by atoms with Crippen LogP contribution < -0.4 is 5.32 Å². The van der Waals surface area contributed by atoms with Gasteiger partial charge in [-0.1, -0.05) is 18.2 Å². The number of hydrogen-bond donors (Lipinski definition) is 2. The van der Waals surface area contributed by atoms with E-state index in [0.717, 1.165) is 33.3 Å². The van der Waals surface area contributed by atoms with E-state index in [1.165, 1.54) is 0 Å². The number of benzene rings is 1. The number of carbonyl (C=O) groups excluding carboxylic acids is 2. The van der Waals surface area contributed by atoms with E-state index >= 15 is 0 Å². The van der Waals surface area contributed by atoms with Crippen molar-refractivity contribution < 1.29 is 9.59 Å². The molecule has 0 radical (unpaired) electrons. The predicted molar refractivity (Wildman–Crippen MR) is 110 cm³/mol. The first-order valence-corrected chi connectivity index (χ1v) is 9.29. The molecule has 0 unspecified atom stereocenters. The normalized spacial score (nSPS) is 13.6. The van der Waals surface area contributed by atoms with E-state index in [9.17, 15) is 9.59 Å². The number of H-pyrrole nitrogens is 1. The highest BCUT2D eigenvalue weighted by Gasteiger charge is 2.16. The second-order valence-corrected chi connectivity index (χ2v) is 7.13. The molecule has 0 spiro atoms. The Kier molecular flexibility index (Phi) is 4.69. The molecular formula is C22H22N4O2. The van der Waals surface area contributed by atoms with Gasteiger partial charge < -0.3 is 15.2 Å². The quantitative estimate of drug-likeness (QED) is 0.687. The Hall–Kier alpha value is -3.41. The number of anilines is 1. The highest BCUT2D eigenvalue weighted by Crippen LogP contribution is 2.23. The molecule has 6 nitrogen and oxygen atoms in total. The van der Waals surface area contributed by atoms with Crippen molar-refractivity contribution in [2.24, 2.45) is 0 Å². The molecule has 142 valence electrons. The zero-order chi connectivity index (χ0) is 19.7. The van der Waals surface area contributed by atoms with Crippen molar-refractivity contribution in [1.29, 1.82) is 0 Å². The van der Waals surface area contributed by atoms with E-state index in [0.29, 0.717) is 25.2 Å². The van der Waals surface area contributed by atoms with Gasteiger partial charge in [-0.2, -0.15) is 0 Å². The Morgan fingerprint density at radius 3 is 2.96 bits per heavy atom. The van der Waals surface area contributed by atoms with E-state index in [1.54, 1.807) is 30.3 Å². The van der Waals surface area contributed by atoms with Crippen LogP contribution in [-0.2, 0) is 22.6 Å². The molecule has 0 aliphatic carbocycles. The summed E-state index contributed by atoms with van der Waals surface area (Å²) in [7, 11) is 1.80. The second-order valence-electron chi connectivity index (χ2n) is 7.13. The summed E-state index contributed by atoms with van der Waals surface area (Å²) in [5, 5.41) is 3.91. The number of para-hydroxylation sites is 1. The number of nitrogens with zero attached hydrogens (tertiary/aromatic N) is 2. The molecule has 1 aromatic carbocycles. The van der Waals surface area contributed by atoms with Crippen LogP contribution in [0.1, 0.15) is 28.8 Å². The molecule has 1 aliphatic rings. The van der Waals surface area contributed by atoms with Crippen molar-refractivity contribution in [2.75, 3.05) is 12.4 Å². The van der Waals surface area contributed by atoms with E-state index < -0.39 is 0 Å². The van der Waals surface area contributed by atoms with Gasteiger partial charge in [0.1, 0.15) is 5.82 Å². The molecule has 0 saturated carbocycles.